The molecule has 1 N–H and O–H groups in total. The molecule has 1 amide bonds. The molecule has 1 aliphatic rings. The van der Waals surface area contributed by atoms with Gasteiger partial charge < -0.3 is 5.32 Å². The fraction of sp³-hybridized carbons (Fsp3) is 0.438. The van der Waals surface area contributed by atoms with Gasteiger partial charge in [0, 0.05) is 11.4 Å². The number of nitrogens with zero attached hydrogens (tertiary/aromatic N) is 1. The van der Waals surface area contributed by atoms with Crippen LogP contribution >= 0.6 is 22.7 Å². The van der Waals surface area contributed by atoms with Gasteiger partial charge >= 0.3 is 0 Å². The van der Waals surface area contributed by atoms with Gasteiger partial charge in [-0.15, -0.1) is 11.3 Å². The SMILES string of the molecule is O=C(Cc1cccs1)NC[C@H](c1ccsc1)N1CCCC1. The number of nitrogens with one attached hydrogen (secondary N) is 1. The Bertz CT molecular complexity index is 545. The lowest BCUT2D eigenvalue weighted by Crippen LogP contribution is -2.37. The van der Waals surface area contributed by atoms with Gasteiger partial charge in [0.1, 0.15) is 0 Å². The maximum atomic E-state index is 12.1. The van der Waals surface area contributed by atoms with E-state index in [1.807, 2.05) is 17.5 Å². The third-order valence-corrected chi connectivity index (χ3v) is 5.49. The monoisotopic (exact) mass is 320 g/mol. The van der Waals surface area contributed by atoms with E-state index in [0.29, 0.717) is 19.0 Å². The lowest BCUT2D eigenvalue weighted by atomic mass is 10.1. The highest BCUT2D eigenvalue weighted by Gasteiger charge is 2.24. The van der Waals surface area contributed by atoms with Gasteiger partial charge in [0.15, 0.2) is 0 Å². The zero-order valence-electron chi connectivity index (χ0n) is 12.0. The molecule has 3 heterocycles. The standard InChI is InChI=1S/C16H20N2OS2/c19-16(10-14-4-3-8-21-14)17-11-15(13-5-9-20-12-13)18-6-1-2-7-18/h3-5,8-9,12,15H,1-2,6-7,10-11H2,(H,17,19)/t15-/m1/s1. The van der Waals surface area contributed by atoms with Gasteiger partial charge in [-0.25, -0.2) is 0 Å². The largest absolute Gasteiger partial charge is 0.354 e. The molecule has 1 atom stereocenters. The Morgan fingerprint density at radius 1 is 1.29 bits per heavy atom. The first kappa shape index (κ1) is 14.8. The van der Waals surface area contributed by atoms with E-state index in [2.05, 4.69) is 27.0 Å². The summed E-state index contributed by atoms with van der Waals surface area (Å²) < 4.78 is 0. The third-order valence-electron chi connectivity index (χ3n) is 3.92. The number of amides is 1. The van der Waals surface area contributed by atoms with Crippen molar-refractivity contribution in [2.45, 2.75) is 25.3 Å². The number of thiophene rings is 2. The average molecular weight is 320 g/mol. The molecule has 0 spiro atoms. The Hall–Kier alpha value is -1.17. The summed E-state index contributed by atoms with van der Waals surface area (Å²) in [5.74, 6) is 0.122. The van der Waals surface area contributed by atoms with Gasteiger partial charge in [0.25, 0.3) is 0 Å². The molecular formula is C16H20N2OS2. The van der Waals surface area contributed by atoms with E-state index < -0.39 is 0 Å². The van der Waals surface area contributed by atoms with Gasteiger partial charge in [-0.3, -0.25) is 9.69 Å². The molecule has 112 valence electrons. The van der Waals surface area contributed by atoms with E-state index >= 15 is 0 Å². The normalized spacial score (nSPS) is 17.0. The Balaban J connectivity index is 1.58. The van der Waals surface area contributed by atoms with Crippen LogP contribution in [-0.2, 0) is 11.2 Å². The van der Waals surface area contributed by atoms with E-state index in [0.717, 1.165) is 18.0 Å². The first-order valence-corrected chi connectivity index (χ1v) is 9.20. The first-order chi connectivity index (χ1) is 10.3. The average Bonchev–Trinajstić information content (AvgIpc) is 3.23. The van der Waals surface area contributed by atoms with Gasteiger partial charge in [0.05, 0.1) is 12.5 Å². The van der Waals surface area contributed by atoms with Crippen molar-refractivity contribution in [3.8, 4) is 0 Å². The molecule has 0 saturated carbocycles. The second kappa shape index (κ2) is 7.20. The zero-order valence-corrected chi connectivity index (χ0v) is 13.6. The van der Waals surface area contributed by atoms with Crippen molar-refractivity contribution in [1.82, 2.24) is 10.2 Å². The van der Waals surface area contributed by atoms with Crippen molar-refractivity contribution in [2.24, 2.45) is 0 Å². The molecule has 1 saturated heterocycles. The van der Waals surface area contributed by atoms with E-state index in [-0.39, 0.29) is 5.91 Å². The smallest absolute Gasteiger partial charge is 0.225 e. The Morgan fingerprint density at radius 2 is 2.14 bits per heavy atom. The summed E-state index contributed by atoms with van der Waals surface area (Å²) in [5, 5.41) is 9.45. The van der Waals surface area contributed by atoms with E-state index in [1.165, 1.54) is 18.4 Å². The third kappa shape index (κ3) is 3.93. The molecule has 1 fully saturated rings. The molecule has 2 aromatic heterocycles. The van der Waals surface area contributed by atoms with Crippen molar-refractivity contribution in [3.63, 3.8) is 0 Å². The van der Waals surface area contributed by atoms with E-state index in [9.17, 15) is 4.79 Å². The predicted molar refractivity (Wildman–Crippen MR) is 88.9 cm³/mol. The molecule has 3 rings (SSSR count). The van der Waals surface area contributed by atoms with Crippen molar-refractivity contribution in [3.05, 3.63) is 44.8 Å². The van der Waals surface area contributed by atoms with Gasteiger partial charge in [-0.1, -0.05) is 6.07 Å². The summed E-state index contributed by atoms with van der Waals surface area (Å²) in [4.78, 5) is 15.7. The highest BCUT2D eigenvalue weighted by molar-refractivity contribution is 7.10. The minimum Gasteiger partial charge on any atom is -0.354 e. The van der Waals surface area contributed by atoms with Crippen LogP contribution in [0.4, 0.5) is 0 Å². The number of hydrogen-bond donors (Lipinski definition) is 1. The predicted octanol–water partition coefficient (Wildman–Crippen LogP) is 3.31. The fourth-order valence-corrected chi connectivity index (χ4v) is 4.23. The lowest BCUT2D eigenvalue weighted by Gasteiger charge is -2.27. The quantitative estimate of drug-likeness (QED) is 0.885. The Morgan fingerprint density at radius 3 is 2.81 bits per heavy atom. The number of rotatable bonds is 6. The van der Waals surface area contributed by atoms with Crippen molar-refractivity contribution in [1.29, 1.82) is 0 Å². The molecule has 0 unspecified atom stereocenters. The molecule has 21 heavy (non-hydrogen) atoms. The summed E-state index contributed by atoms with van der Waals surface area (Å²) in [6.07, 6.45) is 3.03. The molecule has 0 radical (unpaired) electrons. The van der Waals surface area contributed by atoms with Crippen molar-refractivity contribution < 1.29 is 4.79 Å². The Labute approximate surface area is 133 Å². The highest BCUT2D eigenvalue weighted by atomic mass is 32.1. The van der Waals surface area contributed by atoms with Crippen LogP contribution in [0.1, 0.15) is 29.3 Å². The molecule has 1 aliphatic heterocycles. The minimum atomic E-state index is 0.122. The first-order valence-electron chi connectivity index (χ1n) is 7.38. The van der Waals surface area contributed by atoms with Gasteiger partial charge in [-0.05, 0) is 59.8 Å². The van der Waals surface area contributed by atoms with E-state index in [4.69, 9.17) is 0 Å². The van der Waals surface area contributed by atoms with Crippen LogP contribution in [0.25, 0.3) is 0 Å². The van der Waals surface area contributed by atoms with Crippen LogP contribution in [0.3, 0.4) is 0 Å². The maximum absolute atomic E-state index is 12.1. The van der Waals surface area contributed by atoms with Crippen molar-refractivity contribution in [2.75, 3.05) is 19.6 Å². The number of carbonyl (C=O) groups is 1. The van der Waals surface area contributed by atoms with Gasteiger partial charge in [0.2, 0.25) is 5.91 Å². The fourth-order valence-electron chi connectivity index (χ4n) is 2.82. The second-order valence-electron chi connectivity index (χ2n) is 5.38. The highest BCUT2D eigenvalue weighted by Crippen LogP contribution is 2.26. The van der Waals surface area contributed by atoms with Crippen LogP contribution in [0.5, 0.6) is 0 Å². The van der Waals surface area contributed by atoms with Crippen molar-refractivity contribution >= 4 is 28.6 Å². The second-order valence-corrected chi connectivity index (χ2v) is 7.19. The maximum Gasteiger partial charge on any atom is 0.225 e. The molecule has 0 bridgehead atoms. The summed E-state index contributed by atoms with van der Waals surface area (Å²) in [5.41, 5.74) is 1.33. The number of hydrogen-bond acceptors (Lipinski definition) is 4. The number of likely N-dealkylation sites (tertiary alicyclic amines) is 1. The van der Waals surface area contributed by atoms with Crippen LogP contribution in [0, 0.1) is 0 Å². The minimum absolute atomic E-state index is 0.122. The number of carbonyl (C=O) groups excluding carboxylic acids is 1. The summed E-state index contributed by atoms with van der Waals surface area (Å²) in [6, 6.07) is 6.51. The molecule has 0 aliphatic carbocycles. The topological polar surface area (TPSA) is 32.3 Å². The Kier molecular flexibility index (Phi) is 5.06. The van der Waals surface area contributed by atoms with Gasteiger partial charge in [-0.2, -0.15) is 11.3 Å². The summed E-state index contributed by atoms with van der Waals surface area (Å²) in [6.45, 7) is 2.99. The zero-order chi connectivity index (χ0) is 14.5. The molecule has 3 nitrogen and oxygen atoms in total. The van der Waals surface area contributed by atoms with Crippen LogP contribution in [0.15, 0.2) is 34.3 Å². The lowest BCUT2D eigenvalue weighted by molar-refractivity contribution is -0.120. The molecular weight excluding hydrogens is 300 g/mol. The molecule has 2 aromatic rings. The molecule has 5 heteroatoms. The van der Waals surface area contributed by atoms with Crippen LogP contribution < -0.4 is 5.32 Å². The molecule has 0 aromatic carbocycles. The summed E-state index contributed by atoms with van der Waals surface area (Å²) in [7, 11) is 0. The van der Waals surface area contributed by atoms with Crippen LogP contribution in [-0.4, -0.2) is 30.4 Å². The van der Waals surface area contributed by atoms with E-state index in [1.54, 1.807) is 22.7 Å². The summed E-state index contributed by atoms with van der Waals surface area (Å²) >= 11 is 3.37. The van der Waals surface area contributed by atoms with Crippen LogP contribution in [0.2, 0.25) is 0 Å².